The molecule has 1 aliphatic rings. The number of rotatable bonds is 9. The maximum absolute atomic E-state index is 13.2. The highest BCUT2D eigenvalue weighted by molar-refractivity contribution is 5.87. The van der Waals surface area contributed by atoms with E-state index in [1.807, 2.05) is 83.5 Å². The summed E-state index contributed by atoms with van der Waals surface area (Å²) in [6.45, 7) is 7.30. The molecule has 0 radical (unpaired) electrons. The second-order valence-electron chi connectivity index (χ2n) is 13.1. The number of amides is 1. The van der Waals surface area contributed by atoms with Crippen LogP contribution in [0.25, 0.3) is 16.3 Å². The van der Waals surface area contributed by atoms with Gasteiger partial charge in [-0.3, -0.25) is 0 Å². The number of hydrogen-bond acceptors (Lipinski definition) is 6. The summed E-state index contributed by atoms with van der Waals surface area (Å²) in [5.74, 6) is -0.0165. The fraction of sp³-hybridized carbons (Fsp3) is 0.368. The first-order chi connectivity index (χ1) is 21.5. The minimum atomic E-state index is -1.31. The van der Waals surface area contributed by atoms with Gasteiger partial charge < -0.3 is 24.4 Å². The van der Waals surface area contributed by atoms with Crippen LogP contribution in [0.2, 0.25) is 0 Å². The minimum absolute atomic E-state index is 0.309. The number of ether oxygens (including phenoxy) is 2. The normalized spacial score (nSPS) is 15.8. The van der Waals surface area contributed by atoms with Crippen molar-refractivity contribution in [2.45, 2.75) is 50.7 Å². The zero-order valence-corrected chi connectivity index (χ0v) is 27.3. The number of pyridine rings is 1. The van der Waals surface area contributed by atoms with Gasteiger partial charge in [-0.05, 0) is 86.8 Å². The van der Waals surface area contributed by atoms with Crippen molar-refractivity contribution in [2.75, 3.05) is 40.8 Å². The van der Waals surface area contributed by atoms with Crippen LogP contribution in [0.15, 0.2) is 91.1 Å². The topological polar surface area (TPSA) is 75.1 Å². The summed E-state index contributed by atoms with van der Waals surface area (Å²) in [5, 5.41) is 15.3. The maximum Gasteiger partial charge on any atom is 0.410 e. The Kier molecular flexibility index (Phi) is 9.61. The molecule has 236 valence electrons. The average molecular weight is 608 g/mol. The Labute approximate surface area is 267 Å². The third-order valence-corrected chi connectivity index (χ3v) is 8.42. The summed E-state index contributed by atoms with van der Waals surface area (Å²) < 4.78 is 11.5. The zero-order chi connectivity index (χ0) is 32.2. The lowest BCUT2D eigenvalue weighted by molar-refractivity contribution is 0.00512. The molecule has 7 heteroatoms. The second kappa shape index (κ2) is 13.4. The van der Waals surface area contributed by atoms with Gasteiger partial charge in [-0.2, -0.15) is 0 Å². The zero-order valence-electron chi connectivity index (χ0n) is 27.3. The molecule has 0 bridgehead atoms. The van der Waals surface area contributed by atoms with Gasteiger partial charge in [0.25, 0.3) is 0 Å². The third-order valence-electron chi connectivity index (χ3n) is 8.42. The molecule has 3 aromatic carbocycles. The van der Waals surface area contributed by atoms with E-state index in [9.17, 15) is 9.90 Å². The van der Waals surface area contributed by atoms with Crippen molar-refractivity contribution in [2.24, 2.45) is 0 Å². The van der Waals surface area contributed by atoms with Crippen LogP contribution in [-0.4, -0.2) is 72.4 Å². The fourth-order valence-electron chi connectivity index (χ4n) is 6.24. The van der Waals surface area contributed by atoms with Crippen LogP contribution in [0, 0.1) is 0 Å². The first-order valence-electron chi connectivity index (χ1n) is 15.6. The molecule has 0 aliphatic carbocycles. The van der Waals surface area contributed by atoms with E-state index in [2.05, 4.69) is 47.4 Å². The number of nitrogens with zero attached hydrogens (tertiary/aromatic N) is 3. The second-order valence-corrected chi connectivity index (χ2v) is 13.1. The molecule has 0 spiro atoms. The summed E-state index contributed by atoms with van der Waals surface area (Å²) in [6, 6.07) is 26.6. The Bertz CT molecular complexity index is 1660. The van der Waals surface area contributed by atoms with Gasteiger partial charge in [-0.15, -0.1) is 0 Å². The van der Waals surface area contributed by atoms with Crippen LogP contribution in [0.3, 0.4) is 0 Å². The predicted octanol–water partition coefficient (Wildman–Crippen LogP) is 7.24. The largest absolute Gasteiger partial charge is 0.481 e. The Morgan fingerprint density at radius 3 is 2.40 bits per heavy atom. The quantitative estimate of drug-likeness (QED) is 0.216. The SMILES string of the molecule is COc1ncc(C2=CCN(C(=O)OC(C)(C)C)CC2)cc1C(c1ccccc1)C(O)(CCN(C)C)c1cccc2ccccc12. The van der Waals surface area contributed by atoms with Crippen LogP contribution < -0.4 is 4.74 Å². The number of hydrogen-bond donors (Lipinski definition) is 1. The molecule has 1 amide bonds. The maximum atomic E-state index is 13.2. The number of aromatic nitrogens is 1. The van der Waals surface area contributed by atoms with Crippen molar-refractivity contribution in [3.05, 3.63) is 113 Å². The van der Waals surface area contributed by atoms with Crippen molar-refractivity contribution in [1.29, 1.82) is 0 Å². The molecule has 2 unspecified atom stereocenters. The van der Waals surface area contributed by atoms with Gasteiger partial charge in [0.2, 0.25) is 5.88 Å². The lowest BCUT2D eigenvalue weighted by atomic mass is 9.70. The van der Waals surface area contributed by atoms with Crippen molar-refractivity contribution in [1.82, 2.24) is 14.8 Å². The number of carbonyl (C=O) groups is 1. The molecule has 4 aromatic rings. The van der Waals surface area contributed by atoms with Gasteiger partial charge in [0.1, 0.15) is 11.2 Å². The third kappa shape index (κ3) is 7.21. The monoisotopic (exact) mass is 607 g/mol. The van der Waals surface area contributed by atoms with Gasteiger partial charge in [-0.25, -0.2) is 9.78 Å². The molecule has 2 heterocycles. The molecule has 45 heavy (non-hydrogen) atoms. The summed E-state index contributed by atoms with van der Waals surface area (Å²) in [7, 11) is 5.68. The standard InChI is InChI=1S/C38H45N3O4/c1-37(2,3)45-36(42)41-22-19-27(20-23-41)30-25-32(35(44-6)39-26-30)34(29-14-8-7-9-15-29)38(43,21-24-40(4)5)33-18-12-16-28-13-10-11-17-31(28)33/h7-19,25-26,34,43H,20-24H2,1-6H3. The van der Waals surface area contributed by atoms with Crippen LogP contribution in [0.1, 0.15) is 61.8 Å². The van der Waals surface area contributed by atoms with Gasteiger partial charge in [0.05, 0.1) is 7.11 Å². The number of fused-ring (bicyclic) bond motifs is 1. The fourth-order valence-corrected chi connectivity index (χ4v) is 6.24. The van der Waals surface area contributed by atoms with Gasteiger partial charge in [0, 0.05) is 37.3 Å². The van der Waals surface area contributed by atoms with E-state index in [0.29, 0.717) is 38.4 Å². The summed E-state index contributed by atoms with van der Waals surface area (Å²) in [6.07, 6.45) is 4.74. The molecule has 5 rings (SSSR count). The number of methoxy groups -OCH3 is 1. The highest BCUT2D eigenvalue weighted by atomic mass is 16.6. The van der Waals surface area contributed by atoms with E-state index >= 15 is 0 Å². The Morgan fingerprint density at radius 2 is 1.73 bits per heavy atom. The molecule has 1 aromatic heterocycles. The van der Waals surface area contributed by atoms with Crippen LogP contribution >= 0.6 is 0 Å². The average Bonchev–Trinajstić information content (AvgIpc) is 3.03. The summed E-state index contributed by atoms with van der Waals surface area (Å²) in [5.41, 5.74) is 2.84. The summed E-state index contributed by atoms with van der Waals surface area (Å²) in [4.78, 5) is 21.3. The molecule has 1 aliphatic heterocycles. The van der Waals surface area contributed by atoms with Crippen molar-refractivity contribution in [3.8, 4) is 5.88 Å². The first kappa shape index (κ1) is 32.2. The lowest BCUT2D eigenvalue weighted by Crippen LogP contribution is -2.39. The highest BCUT2D eigenvalue weighted by Gasteiger charge is 2.43. The molecule has 0 saturated heterocycles. The molecule has 0 fully saturated rings. The van der Waals surface area contributed by atoms with Crippen molar-refractivity contribution < 1.29 is 19.4 Å². The van der Waals surface area contributed by atoms with E-state index in [1.54, 1.807) is 12.0 Å². The molecule has 0 saturated carbocycles. The number of benzene rings is 3. The Balaban J connectivity index is 1.64. The smallest absolute Gasteiger partial charge is 0.410 e. The van der Waals surface area contributed by atoms with Gasteiger partial charge in [0.15, 0.2) is 0 Å². The van der Waals surface area contributed by atoms with Gasteiger partial charge in [-0.1, -0.05) is 78.9 Å². The van der Waals surface area contributed by atoms with Crippen LogP contribution in [-0.2, 0) is 10.3 Å². The lowest BCUT2D eigenvalue weighted by Gasteiger charge is -2.39. The Morgan fingerprint density at radius 1 is 1.02 bits per heavy atom. The predicted molar refractivity (Wildman–Crippen MR) is 180 cm³/mol. The molecular formula is C38H45N3O4. The highest BCUT2D eigenvalue weighted by Crippen LogP contribution is 2.49. The first-order valence-corrected chi connectivity index (χ1v) is 15.6. The van der Waals surface area contributed by atoms with E-state index in [4.69, 9.17) is 14.5 Å². The van der Waals surface area contributed by atoms with Gasteiger partial charge >= 0.3 is 6.09 Å². The minimum Gasteiger partial charge on any atom is -0.481 e. The van der Waals surface area contributed by atoms with Crippen LogP contribution in [0.5, 0.6) is 5.88 Å². The molecular weight excluding hydrogens is 562 g/mol. The van der Waals surface area contributed by atoms with E-state index in [1.165, 1.54) is 0 Å². The van der Waals surface area contributed by atoms with E-state index < -0.39 is 17.1 Å². The van der Waals surface area contributed by atoms with Crippen molar-refractivity contribution >= 4 is 22.4 Å². The summed E-state index contributed by atoms with van der Waals surface area (Å²) >= 11 is 0. The molecule has 7 nitrogen and oxygen atoms in total. The number of carbonyl (C=O) groups excluding carboxylic acids is 1. The number of aliphatic hydroxyl groups is 1. The molecule has 2 atom stereocenters. The van der Waals surface area contributed by atoms with E-state index in [0.717, 1.165) is 38.6 Å². The van der Waals surface area contributed by atoms with E-state index in [-0.39, 0.29) is 6.09 Å². The van der Waals surface area contributed by atoms with Crippen molar-refractivity contribution in [3.63, 3.8) is 0 Å². The Hall–Kier alpha value is -4.20. The van der Waals surface area contributed by atoms with Crippen LogP contribution in [0.4, 0.5) is 4.79 Å². The molecule has 1 N–H and O–H groups in total.